The first-order chi connectivity index (χ1) is 12.1. The molecule has 0 saturated carbocycles. The third-order valence-electron chi connectivity index (χ3n) is 3.15. The largest absolute Gasteiger partial charge is 0.456 e. The van der Waals surface area contributed by atoms with Crippen molar-refractivity contribution in [2.24, 2.45) is 5.73 Å². The van der Waals surface area contributed by atoms with Crippen LogP contribution < -0.4 is 11.1 Å². The van der Waals surface area contributed by atoms with E-state index < -0.39 is 24.4 Å². The first-order valence-electron chi connectivity index (χ1n) is 7.58. The lowest BCUT2D eigenvalue weighted by atomic mass is 10.1. The average Bonchev–Trinajstić information content (AvgIpc) is 2.61. The molecule has 2 amide bonds. The summed E-state index contributed by atoms with van der Waals surface area (Å²) in [7, 11) is 0. The van der Waals surface area contributed by atoms with E-state index in [-0.39, 0.29) is 17.7 Å². The van der Waals surface area contributed by atoms with Crippen molar-refractivity contribution >= 4 is 35.2 Å². The highest BCUT2D eigenvalue weighted by atomic mass is 32.2. The van der Waals surface area contributed by atoms with Gasteiger partial charge in [0.05, 0.1) is 17.7 Å². The van der Waals surface area contributed by atoms with Gasteiger partial charge >= 0.3 is 5.97 Å². The Balaban J connectivity index is 1.73. The van der Waals surface area contributed by atoms with E-state index in [9.17, 15) is 14.4 Å². The molecule has 0 saturated heterocycles. The molecule has 0 fully saturated rings. The minimum absolute atomic E-state index is 0.196. The van der Waals surface area contributed by atoms with Gasteiger partial charge in [0.15, 0.2) is 6.61 Å². The molecule has 0 aliphatic carbocycles. The van der Waals surface area contributed by atoms with Crippen LogP contribution in [0.1, 0.15) is 16.8 Å². The molecule has 0 atom stereocenters. The van der Waals surface area contributed by atoms with E-state index in [4.69, 9.17) is 10.5 Å². The van der Waals surface area contributed by atoms with Crippen LogP contribution >= 0.6 is 11.8 Å². The number of thioether (sulfide) groups is 1. The Morgan fingerprint density at radius 1 is 1.00 bits per heavy atom. The molecule has 25 heavy (non-hydrogen) atoms. The summed E-state index contributed by atoms with van der Waals surface area (Å²) in [5, 5.41) is 2.51. The normalized spacial score (nSPS) is 10.1. The number of primary amides is 1. The molecule has 2 rings (SSSR count). The Bertz CT molecular complexity index is 750. The summed E-state index contributed by atoms with van der Waals surface area (Å²) in [6.45, 7) is -0.415. The number of nitrogens with one attached hydrogen (secondary N) is 1. The smallest absolute Gasteiger partial charge is 0.307 e. The molecule has 0 bridgehead atoms. The highest BCUT2D eigenvalue weighted by molar-refractivity contribution is 7.99. The Morgan fingerprint density at radius 2 is 1.68 bits per heavy atom. The van der Waals surface area contributed by atoms with Crippen molar-refractivity contribution in [1.29, 1.82) is 0 Å². The number of rotatable bonds is 8. The van der Waals surface area contributed by atoms with E-state index in [1.54, 1.807) is 18.2 Å². The van der Waals surface area contributed by atoms with Crippen molar-refractivity contribution < 1.29 is 19.1 Å². The fourth-order valence-electron chi connectivity index (χ4n) is 1.98. The van der Waals surface area contributed by atoms with Crippen LogP contribution in [-0.4, -0.2) is 30.1 Å². The highest BCUT2D eigenvalue weighted by Gasteiger charge is 2.12. The van der Waals surface area contributed by atoms with Crippen molar-refractivity contribution in [2.45, 2.75) is 11.3 Å². The fraction of sp³-hybridized carbons (Fsp3) is 0.167. The molecule has 0 radical (unpaired) electrons. The van der Waals surface area contributed by atoms with Gasteiger partial charge in [0.2, 0.25) is 0 Å². The van der Waals surface area contributed by atoms with Crippen LogP contribution in [0, 0.1) is 0 Å². The molecule has 0 aliphatic rings. The van der Waals surface area contributed by atoms with Crippen LogP contribution in [0.5, 0.6) is 0 Å². The third kappa shape index (κ3) is 6.31. The zero-order valence-corrected chi connectivity index (χ0v) is 14.3. The molecular formula is C18H18N2O4S. The molecule has 3 N–H and O–H groups in total. The number of carbonyl (C=O) groups excluding carboxylic acids is 3. The number of hydrogen-bond acceptors (Lipinski definition) is 5. The van der Waals surface area contributed by atoms with Gasteiger partial charge in [-0.05, 0) is 24.3 Å². The maximum absolute atomic E-state index is 11.8. The summed E-state index contributed by atoms with van der Waals surface area (Å²) >= 11 is 1.54. The van der Waals surface area contributed by atoms with Crippen LogP contribution in [0.2, 0.25) is 0 Å². The van der Waals surface area contributed by atoms with Crippen LogP contribution in [0.3, 0.4) is 0 Å². The van der Waals surface area contributed by atoms with Crippen LogP contribution in [0.4, 0.5) is 5.69 Å². The van der Waals surface area contributed by atoms with Crippen molar-refractivity contribution in [3.05, 3.63) is 60.2 Å². The highest BCUT2D eigenvalue weighted by Crippen LogP contribution is 2.18. The van der Waals surface area contributed by atoms with Gasteiger partial charge in [-0.1, -0.05) is 30.3 Å². The van der Waals surface area contributed by atoms with E-state index >= 15 is 0 Å². The van der Waals surface area contributed by atoms with Gasteiger partial charge in [0.1, 0.15) is 0 Å². The molecule has 6 nitrogen and oxygen atoms in total. The summed E-state index contributed by atoms with van der Waals surface area (Å²) in [5.74, 6) is -1.07. The number of ether oxygens (including phenoxy) is 1. The lowest BCUT2D eigenvalue weighted by molar-refractivity contribution is -0.146. The molecule has 130 valence electrons. The number of amides is 2. The molecule has 2 aromatic carbocycles. The third-order valence-corrected chi connectivity index (χ3v) is 4.16. The van der Waals surface area contributed by atoms with Gasteiger partial charge in [-0.25, -0.2) is 0 Å². The van der Waals surface area contributed by atoms with E-state index in [2.05, 4.69) is 5.32 Å². The molecule has 0 unspecified atom stereocenters. The average molecular weight is 358 g/mol. The maximum atomic E-state index is 11.8. The number of benzene rings is 2. The van der Waals surface area contributed by atoms with Gasteiger partial charge in [-0.3, -0.25) is 14.4 Å². The van der Waals surface area contributed by atoms with Crippen molar-refractivity contribution in [1.82, 2.24) is 0 Å². The molecule has 2 aromatic rings. The predicted octanol–water partition coefficient (Wildman–Crippen LogP) is 2.45. The first-order valence-corrected chi connectivity index (χ1v) is 8.57. The Labute approximate surface area is 149 Å². The molecule has 0 aromatic heterocycles. The van der Waals surface area contributed by atoms with E-state index in [1.165, 1.54) is 17.8 Å². The van der Waals surface area contributed by atoms with E-state index in [0.717, 1.165) is 4.90 Å². The van der Waals surface area contributed by atoms with E-state index in [0.29, 0.717) is 5.75 Å². The summed E-state index contributed by atoms with van der Waals surface area (Å²) < 4.78 is 4.93. The van der Waals surface area contributed by atoms with Gasteiger partial charge in [-0.2, -0.15) is 0 Å². The van der Waals surface area contributed by atoms with Gasteiger partial charge in [0, 0.05) is 10.6 Å². The molecule has 0 aliphatic heterocycles. The predicted molar refractivity (Wildman–Crippen MR) is 96.3 cm³/mol. The van der Waals surface area contributed by atoms with Gasteiger partial charge in [0.25, 0.3) is 11.8 Å². The molecule has 0 heterocycles. The zero-order valence-electron chi connectivity index (χ0n) is 13.4. The topological polar surface area (TPSA) is 98.5 Å². The SMILES string of the molecule is NC(=O)c1ccccc1NC(=O)COC(=O)CCSc1ccccc1. The number of carbonyl (C=O) groups is 3. The summed E-state index contributed by atoms with van der Waals surface area (Å²) in [6.07, 6.45) is 0.199. The summed E-state index contributed by atoms with van der Waals surface area (Å²) in [4.78, 5) is 35.9. The second-order valence-corrected chi connectivity index (χ2v) is 6.20. The standard InChI is InChI=1S/C18H18N2O4S/c19-18(23)14-8-4-5-9-15(14)20-16(21)12-24-17(22)10-11-25-13-6-2-1-3-7-13/h1-9H,10-12H2,(H2,19,23)(H,20,21). The minimum atomic E-state index is -0.647. The Morgan fingerprint density at radius 3 is 2.40 bits per heavy atom. The number of hydrogen-bond donors (Lipinski definition) is 2. The van der Waals surface area contributed by atoms with Crippen LogP contribution in [0.15, 0.2) is 59.5 Å². The monoisotopic (exact) mass is 358 g/mol. The lowest BCUT2D eigenvalue weighted by Crippen LogP contribution is -2.23. The Kier molecular flexibility index (Phi) is 7.03. The van der Waals surface area contributed by atoms with Crippen LogP contribution in [0.25, 0.3) is 0 Å². The molecular weight excluding hydrogens is 340 g/mol. The molecule has 7 heteroatoms. The van der Waals surface area contributed by atoms with Crippen molar-refractivity contribution in [3.8, 4) is 0 Å². The maximum Gasteiger partial charge on any atom is 0.307 e. The quantitative estimate of drug-likeness (QED) is 0.558. The number of anilines is 1. The summed E-state index contributed by atoms with van der Waals surface area (Å²) in [5.41, 5.74) is 5.72. The number of para-hydroxylation sites is 1. The second-order valence-electron chi connectivity index (χ2n) is 5.03. The number of nitrogens with two attached hydrogens (primary N) is 1. The minimum Gasteiger partial charge on any atom is -0.456 e. The molecule has 0 spiro atoms. The van der Waals surface area contributed by atoms with Gasteiger partial charge in [-0.15, -0.1) is 11.8 Å². The van der Waals surface area contributed by atoms with Crippen LogP contribution in [-0.2, 0) is 14.3 Å². The van der Waals surface area contributed by atoms with Crippen molar-refractivity contribution in [3.63, 3.8) is 0 Å². The lowest BCUT2D eigenvalue weighted by Gasteiger charge is -2.09. The fourth-order valence-corrected chi connectivity index (χ4v) is 2.83. The van der Waals surface area contributed by atoms with Crippen molar-refractivity contribution in [2.75, 3.05) is 17.7 Å². The Hall–Kier alpha value is -2.80. The number of esters is 1. The summed E-state index contributed by atoms with van der Waals surface area (Å²) in [6, 6.07) is 16.0. The zero-order chi connectivity index (χ0) is 18.1. The first kappa shape index (κ1) is 18.5. The van der Waals surface area contributed by atoms with E-state index in [1.807, 2.05) is 30.3 Å². The second kappa shape index (κ2) is 9.48. The van der Waals surface area contributed by atoms with Gasteiger partial charge < -0.3 is 15.8 Å².